The van der Waals surface area contributed by atoms with E-state index < -0.39 is 13.0 Å². The van der Waals surface area contributed by atoms with Crippen LogP contribution in [0.5, 0.6) is 5.75 Å². The molecule has 0 aliphatic heterocycles. The summed E-state index contributed by atoms with van der Waals surface area (Å²) in [7, 11) is 0. The van der Waals surface area contributed by atoms with Crippen LogP contribution < -0.4 is 4.74 Å². The first-order valence-electron chi connectivity index (χ1n) is 4.67. The number of halogens is 2. The highest BCUT2D eigenvalue weighted by molar-refractivity contribution is 5.96. The van der Waals surface area contributed by atoms with E-state index in [0.717, 1.165) is 0 Å². The predicted molar refractivity (Wildman–Crippen MR) is 52.6 cm³/mol. The van der Waals surface area contributed by atoms with E-state index >= 15 is 0 Å². The Hall–Kier alpha value is -1.45. The number of benzene rings is 1. The van der Waals surface area contributed by atoms with Crippen LogP contribution >= 0.6 is 0 Å². The Bertz CT molecular complexity index is 337. The van der Waals surface area contributed by atoms with E-state index in [9.17, 15) is 13.6 Å². The lowest BCUT2D eigenvalue weighted by Crippen LogP contribution is -2.07. The van der Waals surface area contributed by atoms with E-state index in [1.54, 1.807) is 25.1 Å². The van der Waals surface area contributed by atoms with Crippen molar-refractivity contribution in [3.05, 3.63) is 29.8 Å². The second-order valence-corrected chi connectivity index (χ2v) is 3.01. The number of Topliss-reactive ketones (excluding diaryl/α,β-unsaturated/α-hetero) is 1. The molecule has 82 valence electrons. The summed E-state index contributed by atoms with van der Waals surface area (Å²) in [5, 5.41) is 0. The summed E-state index contributed by atoms with van der Waals surface area (Å²) in [5.41, 5.74) is 0.490. The predicted octanol–water partition coefficient (Wildman–Crippen LogP) is 2.92. The zero-order valence-corrected chi connectivity index (χ0v) is 8.37. The molecule has 0 fully saturated rings. The van der Waals surface area contributed by atoms with Gasteiger partial charge < -0.3 is 4.74 Å². The largest absolute Gasteiger partial charge is 0.488 e. The van der Waals surface area contributed by atoms with Crippen LogP contribution in [0.25, 0.3) is 0 Å². The SMILES string of the molecule is CCC(=O)c1cccc(OCC(F)F)c1. The minimum Gasteiger partial charge on any atom is -0.488 e. The number of rotatable bonds is 5. The first-order valence-corrected chi connectivity index (χ1v) is 4.67. The highest BCUT2D eigenvalue weighted by Crippen LogP contribution is 2.15. The van der Waals surface area contributed by atoms with Crippen molar-refractivity contribution < 1.29 is 18.3 Å². The van der Waals surface area contributed by atoms with Gasteiger partial charge in [0.05, 0.1) is 0 Å². The summed E-state index contributed by atoms with van der Waals surface area (Å²) >= 11 is 0. The van der Waals surface area contributed by atoms with Crippen LogP contribution in [0.1, 0.15) is 23.7 Å². The van der Waals surface area contributed by atoms with Gasteiger partial charge in [-0.25, -0.2) is 8.78 Å². The van der Waals surface area contributed by atoms with Crippen molar-refractivity contribution in [2.24, 2.45) is 0 Å². The van der Waals surface area contributed by atoms with Crippen molar-refractivity contribution in [2.75, 3.05) is 6.61 Å². The number of ether oxygens (including phenoxy) is 1. The van der Waals surface area contributed by atoms with Crippen LogP contribution in [0.3, 0.4) is 0 Å². The fraction of sp³-hybridized carbons (Fsp3) is 0.364. The smallest absolute Gasteiger partial charge is 0.272 e. The van der Waals surface area contributed by atoms with Gasteiger partial charge in [0.2, 0.25) is 0 Å². The quantitative estimate of drug-likeness (QED) is 0.704. The Kier molecular flexibility index (Phi) is 4.21. The third-order valence-corrected chi connectivity index (χ3v) is 1.85. The van der Waals surface area contributed by atoms with Crippen LogP contribution in [0, 0.1) is 0 Å². The van der Waals surface area contributed by atoms with E-state index in [1.807, 2.05) is 0 Å². The zero-order valence-electron chi connectivity index (χ0n) is 8.37. The highest BCUT2D eigenvalue weighted by atomic mass is 19.3. The molecule has 0 aromatic heterocycles. The third-order valence-electron chi connectivity index (χ3n) is 1.85. The van der Waals surface area contributed by atoms with Crippen molar-refractivity contribution >= 4 is 5.78 Å². The molecule has 0 aliphatic carbocycles. The molecular formula is C11H12F2O2. The lowest BCUT2D eigenvalue weighted by molar-refractivity contribution is 0.0818. The summed E-state index contributed by atoms with van der Waals surface area (Å²) < 4.78 is 28.5. The molecule has 0 saturated heterocycles. The van der Waals surface area contributed by atoms with Crippen LogP contribution in [-0.2, 0) is 0 Å². The van der Waals surface area contributed by atoms with Gasteiger partial charge in [0.25, 0.3) is 6.43 Å². The van der Waals surface area contributed by atoms with Crippen LogP contribution in [0.15, 0.2) is 24.3 Å². The number of alkyl halides is 2. The average molecular weight is 214 g/mol. The summed E-state index contributed by atoms with van der Waals surface area (Å²) in [6, 6.07) is 6.29. The second kappa shape index (κ2) is 5.44. The second-order valence-electron chi connectivity index (χ2n) is 3.01. The number of carbonyl (C=O) groups is 1. The summed E-state index contributed by atoms with van der Waals surface area (Å²) in [4.78, 5) is 11.3. The molecule has 0 heterocycles. The molecule has 0 amide bonds. The minimum absolute atomic E-state index is 0.0301. The molecule has 0 unspecified atom stereocenters. The Morgan fingerprint density at radius 1 is 1.47 bits per heavy atom. The lowest BCUT2D eigenvalue weighted by Gasteiger charge is -2.06. The summed E-state index contributed by atoms with van der Waals surface area (Å²) in [6.07, 6.45) is -2.12. The number of hydrogen-bond acceptors (Lipinski definition) is 2. The maximum absolute atomic E-state index is 11.9. The lowest BCUT2D eigenvalue weighted by atomic mass is 10.1. The Morgan fingerprint density at radius 2 is 2.20 bits per heavy atom. The molecule has 0 radical (unpaired) electrons. The first-order chi connectivity index (χ1) is 7.13. The molecule has 0 saturated carbocycles. The minimum atomic E-state index is -2.50. The van der Waals surface area contributed by atoms with Gasteiger partial charge >= 0.3 is 0 Å². The van der Waals surface area contributed by atoms with E-state index in [0.29, 0.717) is 17.7 Å². The Labute approximate surface area is 86.9 Å². The molecule has 2 nitrogen and oxygen atoms in total. The van der Waals surface area contributed by atoms with E-state index in [4.69, 9.17) is 4.74 Å². The molecule has 0 N–H and O–H groups in total. The maximum Gasteiger partial charge on any atom is 0.272 e. The van der Waals surface area contributed by atoms with Crippen LogP contribution in [0.4, 0.5) is 8.78 Å². The normalized spacial score (nSPS) is 10.4. The van der Waals surface area contributed by atoms with Crippen molar-refractivity contribution in [2.45, 2.75) is 19.8 Å². The standard InChI is InChI=1S/C11H12F2O2/c1-2-10(14)8-4-3-5-9(6-8)15-7-11(12)13/h3-6,11H,2,7H2,1H3. The first kappa shape index (κ1) is 11.6. The van der Waals surface area contributed by atoms with Gasteiger partial charge in [-0.2, -0.15) is 0 Å². The summed E-state index contributed by atoms with van der Waals surface area (Å²) in [5.74, 6) is 0.270. The highest BCUT2D eigenvalue weighted by Gasteiger charge is 2.06. The Morgan fingerprint density at radius 3 is 2.80 bits per heavy atom. The van der Waals surface area contributed by atoms with Gasteiger partial charge in [0.1, 0.15) is 12.4 Å². The molecule has 1 aromatic carbocycles. The van der Waals surface area contributed by atoms with Gasteiger partial charge in [-0.15, -0.1) is 0 Å². The van der Waals surface area contributed by atoms with Gasteiger partial charge in [0, 0.05) is 12.0 Å². The topological polar surface area (TPSA) is 26.3 Å². The van der Waals surface area contributed by atoms with Crippen molar-refractivity contribution in [1.29, 1.82) is 0 Å². The monoisotopic (exact) mass is 214 g/mol. The molecule has 4 heteroatoms. The molecule has 15 heavy (non-hydrogen) atoms. The zero-order chi connectivity index (χ0) is 11.3. The van der Waals surface area contributed by atoms with E-state index in [-0.39, 0.29) is 5.78 Å². The van der Waals surface area contributed by atoms with Gasteiger partial charge in [-0.05, 0) is 12.1 Å². The number of hydrogen-bond donors (Lipinski definition) is 0. The Balaban J connectivity index is 2.70. The molecule has 1 aromatic rings. The van der Waals surface area contributed by atoms with Crippen molar-refractivity contribution in [3.63, 3.8) is 0 Å². The molecule has 0 atom stereocenters. The molecule has 1 rings (SSSR count). The maximum atomic E-state index is 11.9. The van der Waals surface area contributed by atoms with E-state index in [1.165, 1.54) is 6.07 Å². The third kappa shape index (κ3) is 3.65. The van der Waals surface area contributed by atoms with Gasteiger partial charge in [-0.3, -0.25) is 4.79 Å². The van der Waals surface area contributed by atoms with Gasteiger partial charge in [0.15, 0.2) is 5.78 Å². The fourth-order valence-electron chi connectivity index (χ4n) is 1.12. The molecule has 0 bridgehead atoms. The molecule has 0 aliphatic rings. The fourth-order valence-corrected chi connectivity index (χ4v) is 1.12. The average Bonchev–Trinajstić information content (AvgIpc) is 2.25. The van der Waals surface area contributed by atoms with Crippen LogP contribution in [-0.4, -0.2) is 18.8 Å². The molecular weight excluding hydrogens is 202 g/mol. The van der Waals surface area contributed by atoms with E-state index in [2.05, 4.69) is 0 Å². The van der Waals surface area contributed by atoms with Crippen molar-refractivity contribution in [1.82, 2.24) is 0 Å². The number of carbonyl (C=O) groups excluding carboxylic acids is 1. The van der Waals surface area contributed by atoms with Gasteiger partial charge in [-0.1, -0.05) is 19.1 Å². The number of ketones is 1. The summed E-state index contributed by atoms with van der Waals surface area (Å²) in [6.45, 7) is 1.10. The molecule has 0 spiro atoms. The van der Waals surface area contributed by atoms with Crippen molar-refractivity contribution in [3.8, 4) is 5.75 Å². The van der Waals surface area contributed by atoms with Crippen LogP contribution in [0.2, 0.25) is 0 Å².